The van der Waals surface area contributed by atoms with Gasteiger partial charge in [-0.2, -0.15) is 0 Å². The first-order chi connectivity index (χ1) is 25.6. The van der Waals surface area contributed by atoms with E-state index in [2.05, 4.69) is 30.9 Å². The minimum absolute atomic E-state index is 0.104. The average Bonchev–Trinajstić information content (AvgIpc) is 3.95. The molecule has 15 heteroatoms. The van der Waals surface area contributed by atoms with Crippen LogP contribution in [0, 0.1) is 5.92 Å². The van der Waals surface area contributed by atoms with Gasteiger partial charge in [-0.15, -0.1) is 22.7 Å². The van der Waals surface area contributed by atoms with E-state index in [0.717, 1.165) is 26.8 Å². The number of aliphatic hydroxyl groups is 1. The second-order valence-corrected chi connectivity index (χ2v) is 15.0. The zero-order valence-corrected chi connectivity index (χ0v) is 31.5. The number of urea groups is 1. The number of benzene rings is 2. The van der Waals surface area contributed by atoms with Gasteiger partial charge in [0, 0.05) is 30.0 Å². The highest BCUT2D eigenvalue weighted by atomic mass is 32.1. The summed E-state index contributed by atoms with van der Waals surface area (Å²) >= 11 is 3.09. The van der Waals surface area contributed by atoms with Crippen LogP contribution in [-0.2, 0) is 41.9 Å². The molecule has 0 fully saturated rings. The zero-order valence-electron chi connectivity index (χ0n) is 29.9. The zero-order chi connectivity index (χ0) is 37.6. The SMILES string of the molecule is CC(C)[C@H](NC(=O)N(C)Cc1csc(Cc2nccs2)n1)C(=O)N[C@@H](Cc1ccccc1)C[C@H](O)[C@H](Cc1ccccc1)NC(=O)OCc1cnco1. The Hall–Kier alpha value is -5.12. The number of alkyl carbamates (subject to hydrolysis) is 1. The molecule has 3 aromatic heterocycles. The van der Waals surface area contributed by atoms with E-state index in [1.807, 2.05) is 85.3 Å². The molecule has 0 unspecified atom stereocenters. The van der Waals surface area contributed by atoms with Gasteiger partial charge < -0.3 is 35.1 Å². The number of carbonyl (C=O) groups is 3. The van der Waals surface area contributed by atoms with Crippen molar-refractivity contribution >= 4 is 40.7 Å². The topological polar surface area (TPSA) is 172 Å². The van der Waals surface area contributed by atoms with Gasteiger partial charge in [0.15, 0.2) is 18.8 Å². The molecular weight excluding hydrogens is 715 g/mol. The first-order valence-corrected chi connectivity index (χ1v) is 19.1. The number of hydrogen-bond donors (Lipinski definition) is 4. The van der Waals surface area contributed by atoms with E-state index >= 15 is 0 Å². The van der Waals surface area contributed by atoms with Crippen LogP contribution in [0.4, 0.5) is 9.59 Å². The fourth-order valence-electron chi connectivity index (χ4n) is 5.70. The van der Waals surface area contributed by atoms with Crippen LogP contribution in [0.15, 0.2) is 94.6 Å². The van der Waals surface area contributed by atoms with Crippen LogP contribution < -0.4 is 16.0 Å². The van der Waals surface area contributed by atoms with Crippen molar-refractivity contribution in [2.75, 3.05) is 7.05 Å². The van der Waals surface area contributed by atoms with Crippen molar-refractivity contribution in [3.05, 3.63) is 123 Å². The molecule has 0 saturated carbocycles. The van der Waals surface area contributed by atoms with E-state index in [-0.39, 0.29) is 31.4 Å². The Labute approximate surface area is 316 Å². The second kappa shape index (κ2) is 19.6. The second-order valence-electron chi connectivity index (χ2n) is 13.0. The lowest BCUT2D eigenvalue weighted by Gasteiger charge is -2.30. The van der Waals surface area contributed by atoms with Crippen molar-refractivity contribution in [1.29, 1.82) is 0 Å². The van der Waals surface area contributed by atoms with Crippen molar-refractivity contribution in [2.24, 2.45) is 5.92 Å². The number of thiazole rings is 2. The largest absolute Gasteiger partial charge is 0.445 e. The average molecular weight is 760 g/mol. The summed E-state index contributed by atoms with van der Waals surface area (Å²) in [5.74, 6) is -0.248. The van der Waals surface area contributed by atoms with Crippen molar-refractivity contribution in [2.45, 2.75) is 76.9 Å². The quantitative estimate of drug-likeness (QED) is 0.0918. The number of carbonyl (C=O) groups excluding carboxylic acids is 3. The highest BCUT2D eigenvalue weighted by Crippen LogP contribution is 2.18. The van der Waals surface area contributed by atoms with Gasteiger partial charge in [-0.05, 0) is 36.3 Å². The van der Waals surface area contributed by atoms with Crippen LogP contribution >= 0.6 is 22.7 Å². The van der Waals surface area contributed by atoms with Crippen molar-refractivity contribution in [1.82, 2.24) is 35.8 Å². The Morgan fingerprint density at radius 3 is 2.30 bits per heavy atom. The van der Waals surface area contributed by atoms with Gasteiger partial charge in [0.25, 0.3) is 0 Å². The molecule has 0 bridgehead atoms. The van der Waals surface area contributed by atoms with Crippen LogP contribution in [0.5, 0.6) is 0 Å². The summed E-state index contributed by atoms with van der Waals surface area (Å²) in [6.07, 6.45) is 4.11. The highest BCUT2D eigenvalue weighted by Gasteiger charge is 2.31. The third-order valence-electron chi connectivity index (χ3n) is 8.45. The minimum atomic E-state index is -1.08. The lowest BCUT2D eigenvalue weighted by atomic mass is 9.93. The van der Waals surface area contributed by atoms with Gasteiger partial charge in [-0.25, -0.2) is 24.5 Å². The molecule has 53 heavy (non-hydrogen) atoms. The first-order valence-electron chi connectivity index (χ1n) is 17.3. The van der Waals surface area contributed by atoms with Crippen LogP contribution in [0.1, 0.15) is 52.9 Å². The van der Waals surface area contributed by atoms with Crippen molar-refractivity contribution in [3.63, 3.8) is 0 Å². The summed E-state index contributed by atoms with van der Waals surface area (Å²) in [5.41, 5.74) is 2.60. The monoisotopic (exact) mass is 759 g/mol. The Bertz CT molecular complexity index is 1840. The number of rotatable bonds is 18. The third kappa shape index (κ3) is 12.5. The maximum atomic E-state index is 13.9. The maximum Gasteiger partial charge on any atom is 0.407 e. The van der Waals surface area contributed by atoms with Gasteiger partial charge >= 0.3 is 12.1 Å². The fourth-order valence-corrected chi connectivity index (χ4v) is 7.20. The van der Waals surface area contributed by atoms with E-state index < -0.39 is 36.4 Å². The van der Waals surface area contributed by atoms with E-state index in [4.69, 9.17) is 9.15 Å². The Balaban J connectivity index is 1.25. The number of hydrogen-bond acceptors (Lipinski definition) is 11. The molecule has 2 aromatic carbocycles. The molecule has 0 aliphatic heterocycles. The van der Waals surface area contributed by atoms with E-state index in [0.29, 0.717) is 25.0 Å². The normalized spacial score (nSPS) is 13.5. The number of oxazole rings is 1. The van der Waals surface area contributed by atoms with Crippen LogP contribution in [0.2, 0.25) is 0 Å². The minimum Gasteiger partial charge on any atom is -0.445 e. The molecule has 5 aromatic rings. The summed E-state index contributed by atoms with van der Waals surface area (Å²) in [6.45, 7) is 3.87. The molecule has 0 radical (unpaired) electrons. The van der Waals surface area contributed by atoms with Gasteiger partial charge in [0.1, 0.15) is 6.04 Å². The van der Waals surface area contributed by atoms with Crippen LogP contribution in [0.25, 0.3) is 0 Å². The Morgan fingerprint density at radius 1 is 0.943 bits per heavy atom. The molecule has 5 rings (SSSR count). The highest BCUT2D eigenvalue weighted by molar-refractivity contribution is 7.11. The fraction of sp³-hybridized carbons (Fsp3) is 0.368. The molecule has 280 valence electrons. The van der Waals surface area contributed by atoms with Crippen LogP contribution in [-0.4, -0.2) is 74.3 Å². The summed E-state index contributed by atoms with van der Waals surface area (Å²) in [6, 6.07) is 16.5. The summed E-state index contributed by atoms with van der Waals surface area (Å²) in [5, 5.41) is 26.2. The molecule has 0 saturated heterocycles. The molecule has 4 atom stereocenters. The molecular formula is C38H45N7O6S2. The van der Waals surface area contributed by atoms with E-state index in [1.54, 1.807) is 24.6 Å². The molecule has 4 amide bonds. The predicted octanol–water partition coefficient (Wildman–Crippen LogP) is 5.36. The molecule has 0 aliphatic rings. The first kappa shape index (κ1) is 39.1. The third-order valence-corrected chi connectivity index (χ3v) is 10.1. The number of nitrogens with zero attached hydrogens (tertiary/aromatic N) is 4. The van der Waals surface area contributed by atoms with E-state index in [9.17, 15) is 19.5 Å². The summed E-state index contributed by atoms with van der Waals surface area (Å²) in [4.78, 5) is 54.5. The van der Waals surface area contributed by atoms with Crippen molar-refractivity contribution < 1.29 is 28.6 Å². The molecule has 0 spiro atoms. The molecule has 13 nitrogen and oxygen atoms in total. The smallest absolute Gasteiger partial charge is 0.407 e. The van der Waals surface area contributed by atoms with Gasteiger partial charge in [0.05, 0.1) is 47.0 Å². The van der Waals surface area contributed by atoms with Crippen LogP contribution in [0.3, 0.4) is 0 Å². The van der Waals surface area contributed by atoms with E-state index in [1.165, 1.54) is 28.8 Å². The van der Waals surface area contributed by atoms with Gasteiger partial charge in [0.2, 0.25) is 5.91 Å². The Kier molecular flexibility index (Phi) is 14.5. The lowest BCUT2D eigenvalue weighted by molar-refractivity contribution is -0.124. The van der Waals surface area contributed by atoms with Gasteiger partial charge in [-0.3, -0.25) is 4.79 Å². The molecule has 4 N–H and O–H groups in total. The number of aromatic nitrogens is 3. The number of aliphatic hydroxyl groups excluding tert-OH is 1. The molecule has 3 heterocycles. The summed E-state index contributed by atoms with van der Waals surface area (Å²) < 4.78 is 10.5. The Morgan fingerprint density at radius 2 is 1.66 bits per heavy atom. The van der Waals surface area contributed by atoms with Crippen molar-refractivity contribution in [3.8, 4) is 0 Å². The molecule has 0 aliphatic carbocycles. The number of nitrogens with one attached hydrogen (secondary N) is 3. The predicted molar refractivity (Wildman–Crippen MR) is 202 cm³/mol. The maximum absolute atomic E-state index is 13.9. The number of ether oxygens (including phenoxy) is 1. The lowest BCUT2D eigenvalue weighted by Crippen LogP contribution is -2.55. The summed E-state index contributed by atoms with van der Waals surface area (Å²) in [7, 11) is 1.66. The number of amides is 4. The van der Waals surface area contributed by atoms with Gasteiger partial charge in [-0.1, -0.05) is 74.5 Å². The standard InChI is InChI=1S/C38H45N7O6S2/c1-25(2)35(44-37(48)45(3)21-29-23-53-34(41-29)19-33-40-14-15-52-33)36(47)42-28(16-26-10-6-4-7-11-26)18-32(46)31(17-27-12-8-5-9-13-27)43-38(49)50-22-30-20-39-24-51-30/h4-15,20,23-25,28,31-32,35,46H,16-19,21-22H2,1-3H3,(H,42,47)(H,43,49)(H,44,48)/t28-,31-,32-,35-/m0/s1.